The minimum Gasteiger partial charge on any atom is -0.477 e. The quantitative estimate of drug-likeness (QED) is 0.792. The van der Waals surface area contributed by atoms with Crippen molar-refractivity contribution in [3.05, 3.63) is 29.6 Å². The van der Waals surface area contributed by atoms with Crippen molar-refractivity contribution < 1.29 is 15.0 Å². The summed E-state index contributed by atoms with van der Waals surface area (Å²) in [5.74, 6) is 0.768. The summed E-state index contributed by atoms with van der Waals surface area (Å²) in [7, 11) is 0. The molecule has 1 heterocycles. The molecule has 0 fully saturated rings. The zero-order chi connectivity index (χ0) is 12.0. The molecular formula is C11H15NO3S. The van der Waals surface area contributed by atoms with E-state index in [2.05, 4.69) is 4.98 Å². The minimum absolute atomic E-state index is 0.0771. The molecule has 0 radical (unpaired) electrons. The Morgan fingerprint density at radius 3 is 2.94 bits per heavy atom. The van der Waals surface area contributed by atoms with Gasteiger partial charge in [-0.1, -0.05) is 13.0 Å². The Hall–Kier alpha value is -1.07. The highest BCUT2D eigenvalue weighted by Crippen LogP contribution is 2.14. The average molecular weight is 241 g/mol. The Balaban J connectivity index is 2.48. The number of carbonyl (C=O) groups is 1. The first-order chi connectivity index (χ1) is 7.63. The van der Waals surface area contributed by atoms with Crippen LogP contribution in [0.3, 0.4) is 0 Å². The van der Waals surface area contributed by atoms with Crippen LogP contribution in [0, 0.1) is 5.92 Å². The number of hydrogen-bond acceptors (Lipinski definition) is 4. The van der Waals surface area contributed by atoms with E-state index in [-0.39, 0.29) is 18.2 Å². The molecule has 0 aliphatic heterocycles. The zero-order valence-corrected chi connectivity index (χ0v) is 9.91. The molecule has 1 unspecified atom stereocenters. The summed E-state index contributed by atoms with van der Waals surface area (Å²) in [6.45, 7) is 2.14. The topological polar surface area (TPSA) is 70.4 Å². The van der Waals surface area contributed by atoms with E-state index >= 15 is 0 Å². The van der Waals surface area contributed by atoms with Crippen LogP contribution in [-0.2, 0) is 5.75 Å². The molecule has 0 aliphatic rings. The second kappa shape index (κ2) is 6.50. The molecule has 0 saturated heterocycles. The van der Waals surface area contributed by atoms with Gasteiger partial charge in [0.1, 0.15) is 5.69 Å². The highest BCUT2D eigenvalue weighted by atomic mass is 32.2. The zero-order valence-electron chi connectivity index (χ0n) is 9.09. The molecule has 16 heavy (non-hydrogen) atoms. The van der Waals surface area contributed by atoms with Crippen LogP contribution in [0.4, 0.5) is 0 Å². The van der Waals surface area contributed by atoms with E-state index in [1.54, 1.807) is 17.8 Å². The molecule has 2 N–H and O–H groups in total. The van der Waals surface area contributed by atoms with Gasteiger partial charge < -0.3 is 10.2 Å². The molecule has 0 aromatic carbocycles. The summed E-state index contributed by atoms with van der Waals surface area (Å²) in [4.78, 5) is 14.7. The fourth-order valence-corrected chi connectivity index (χ4v) is 2.09. The van der Waals surface area contributed by atoms with E-state index in [0.717, 1.165) is 11.4 Å². The standard InChI is InChI=1S/C11H15NO3S/c1-8(5-13)6-16-7-9-3-2-4-10(12-9)11(14)15/h2-4,8,13H,5-7H2,1H3,(H,14,15). The van der Waals surface area contributed by atoms with E-state index in [1.165, 1.54) is 6.07 Å². The Morgan fingerprint density at radius 1 is 1.56 bits per heavy atom. The summed E-state index contributed by atoms with van der Waals surface area (Å²) in [5, 5.41) is 17.6. The van der Waals surface area contributed by atoms with Gasteiger partial charge in [-0.2, -0.15) is 11.8 Å². The van der Waals surface area contributed by atoms with Crippen LogP contribution in [0.1, 0.15) is 23.1 Å². The maximum absolute atomic E-state index is 10.7. The predicted octanol–water partition coefficient (Wildman–Crippen LogP) is 1.64. The third kappa shape index (κ3) is 4.20. The third-order valence-electron chi connectivity index (χ3n) is 1.99. The SMILES string of the molecule is CC(CO)CSCc1cccc(C(=O)O)n1. The first kappa shape index (κ1) is 13.0. The number of aromatic carboxylic acids is 1. The summed E-state index contributed by atoms with van der Waals surface area (Å²) >= 11 is 1.64. The molecule has 1 atom stereocenters. The van der Waals surface area contributed by atoms with E-state index in [4.69, 9.17) is 10.2 Å². The van der Waals surface area contributed by atoms with Crippen molar-refractivity contribution in [3.8, 4) is 0 Å². The molecule has 88 valence electrons. The molecule has 0 aliphatic carbocycles. The first-order valence-electron chi connectivity index (χ1n) is 5.01. The van der Waals surface area contributed by atoms with Crippen LogP contribution < -0.4 is 0 Å². The molecule has 4 nitrogen and oxygen atoms in total. The number of pyridine rings is 1. The van der Waals surface area contributed by atoms with Crippen molar-refractivity contribution in [3.63, 3.8) is 0 Å². The van der Waals surface area contributed by atoms with E-state index < -0.39 is 5.97 Å². The summed E-state index contributed by atoms with van der Waals surface area (Å²) in [6, 6.07) is 4.98. The molecule has 0 saturated carbocycles. The van der Waals surface area contributed by atoms with Crippen LogP contribution in [-0.4, -0.2) is 33.5 Å². The lowest BCUT2D eigenvalue weighted by atomic mass is 10.2. The number of aliphatic hydroxyl groups is 1. The predicted molar refractivity (Wildman–Crippen MR) is 63.6 cm³/mol. The number of thioether (sulfide) groups is 1. The number of carboxylic acids is 1. The Morgan fingerprint density at radius 2 is 2.31 bits per heavy atom. The largest absolute Gasteiger partial charge is 0.477 e. The molecule has 0 amide bonds. The van der Waals surface area contributed by atoms with Crippen LogP contribution in [0.2, 0.25) is 0 Å². The van der Waals surface area contributed by atoms with Gasteiger partial charge in [0.2, 0.25) is 0 Å². The number of hydrogen-bond donors (Lipinski definition) is 2. The van der Waals surface area contributed by atoms with Crippen molar-refractivity contribution in [1.29, 1.82) is 0 Å². The van der Waals surface area contributed by atoms with Crippen molar-refractivity contribution >= 4 is 17.7 Å². The molecule has 5 heteroatoms. The molecule has 1 aromatic heterocycles. The lowest BCUT2D eigenvalue weighted by Gasteiger charge is -2.06. The minimum atomic E-state index is -1.00. The van der Waals surface area contributed by atoms with Crippen molar-refractivity contribution in [2.75, 3.05) is 12.4 Å². The van der Waals surface area contributed by atoms with Gasteiger partial charge in [-0.3, -0.25) is 0 Å². The van der Waals surface area contributed by atoms with Gasteiger partial charge in [0.15, 0.2) is 0 Å². The van der Waals surface area contributed by atoms with Gasteiger partial charge in [0, 0.05) is 12.4 Å². The lowest BCUT2D eigenvalue weighted by Crippen LogP contribution is -2.05. The van der Waals surface area contributed by atoms with Gasteiger partial charge >= 0.3 is 5.97 Å². The average Bonchev–Trinajstić information content (AvgIpc) is 2.29. The van der Waals surface area contributed by atoms with Crippen molar-refractivity contribution in [1.82, 2.24) is 4.98 Å². The maximum atomic E-state index is 10.7. The fourth-order valence-electron chi connectivity index (χ4n) is 1.10. The van der Waals surface area contributed by atoms with Crippen LogP contribution in [0.25, 0.3) is 0 Å². The van der Waals surface area contributed by atoms with Gasteiger partial charge in [-0.05, 0) is 23.8 Å². The summed E-state index contributed by atoms with van der Waals surface area (Å²) < 4.78 is 0. The monoisotopic (exact) mass is 241 g/mol. The number of nitrogens with zero attached hydrogens (tertiary/aromatic N) is 1. The number of aromatic nitrogens is 1. The van der Waals surface area contributed by atoms with E-state index in [0.29, 0.717) is 5.75 Å². The van der Waals surface area contributed by atoms with Gasteiger partial charge in [0.25, 0.3) is 0 Å². The second-order valence-electron chi connectivity index (χ2n) is 3.62. The maximum Gasteiger partial charge on any atom is 0.354 e. The normalized spacial score (nSPS) is 12.4. The molecule has 0 bridgehead atoms. The van der Waals surface area contributed by atoms with Crippen LogP contribution >= 0.6 is 11.8 Å². The highest BCUT2D eigenvalue weighted by molar-refractivity contribution is 7.98. The number of carboxylic acid groups (broad SMARTS) is 1. The molecule has 1 rings (SSSR count). The summed E-state index contributed by atoms with van der Waals surface area (Å²) in [6.07, 6.45) is 0. The Labute approximate surface area is 98.7 Å². The fraction of sp³-hybridized carbons (Fsp3) is 0.455. The lowest BCUT2D eigenvalue weighted by molar-refractivity contribution is 0.0690. The number of rotatable bonds is 6. The van der Waals surface area contributed by atoms with Gasteiger partial charge in [0.05, 0.1) is 5.69 Å². The molecule has 0 spiro atoms. The Kier molecular flexibility index (Phi) is 5.28. The van der Waals surface area contributed by atoms with Crippen LogP contribution in [0.15, 0.2) is 18.2 Å². The van der Waals surface area contributed by atoms with Gasteiger partial charge in [-0.25, -0.2) is 9.78 Å². The van der Waals surface area contributed by atoms with Crippen molar-refractivity contribution in [2.24, 2.45) is 5.92 Å². The van der Waals surface area contributed by atoms with Gasteiger partial charge in [-0.15, -0.1) is 0 Å². The highest BCUT2D eigenvalue weighted by Gasteiger charge is 2.06. The second-order valence-corrected chi connectivity index (χ2v) is 4.65. The summed E-state index contributed by atoms with van der Waals surface area (Å²) in [5.41, 5.74) is 0.836. The van der Waals surface area contributed by atoms with Crippen LogP contribution in [0.5, 0.6) is 0 Å². The number of aliphatic hydroxyl groups excluding tert-OH is 1. The van der Waals surface area contributed by atoms with E-state index in [1.807, 2.05) is 13.0 Å². The smallest absolute Gasteiger partial charge is 0.354 e. The van der Waals surface area contributed by atoms with Crippen molar-refractivity contribution in [2.45, 2.75) is 12.7 Å². The van der Waals surface area contributed by atoms with E-state index in [9.17, 15) is 4.79 Å². The first-order valence-corrected chi connectivity index (χ1v) is 6.16. The molecular weight excluding hydrogens is 226 g/mol. The Bertz CT molecular complexity index is 357. The third-order valence-corrected chi connectivity index (χ3v) is 3.29. The molecule has 1 aromatic rings.